The highest BCUT2D eigenvalue weighted by atomic mass is 19.4. The van der Waals surface area contributed by atoms with Crippen LogP contribution < -0.4 is 10.1 Å². The molecule has 3 amide bonds. The highest BCUT2D eigenvalue weighted by molar-refractivity contribution is 5.99. The van der Waals surface area contributed by atoms with Gasteiger partial charge in [-0.1, -0.05) is 25.1 Å². The Hall–Kier alpha value is -3.64. The van der Waals surface area contributed by atoms with Crippen LogP contribution in [0.3, 0.4) is 0 Å². The summed E-state index contributed by atoms with van der Waals surface area (Å²) in [6.07, 6.45) is -5.01. The van der Waals surface area contributed by atoms with Crippen LogP contribution in [-0.4, -0.2) is 90.4 Å². The lowest BCUT2D eigenvalue weighted by Gasteiger charge is -2.36. The van der Waals surface area contributed by atoms with Gasteiger partial charge in [-0.3, -0.25) is 14.4 Å². The predicted molar refractivity (Wildman–Crippen MR) is 164 cm³/mol. The fraction of sp³-hybridized carbons (Fsp3) is 0.545. The summed E-state index contributed by atoms with van der Waals surface area (Å²) in [7, 11) is 1.70. The van der Waals surface area contributed by atoms with Crippen molar-refractivity contribution in [2.75, 3.05) is 38.7 Å². The van der Waals surface area contributed by atoms with Gasteiger partial charge in [0.15, 0.2) is 0 Å². The lowest BCUT2D eigenvalue weighted by Crippen LogP contribution is -2.48. The molecular formula is C33H44F3N3O6. The number of hydrogen-bond donors (Lipinski definition) is 2. The summed E-state index contributed by atoms with van der Waals surface area (Å²) < 4.78 is 50.4. The molecule has 1 aliphatic rings. The van der Waals surface area contributed by atoms with Crippen LogP contribution in [0, 0.1) is 5.92 Å². The zero-order chi connectivity index (χ0) is 33.1. The normalized spacial score (nSPS) is 20.8. The first-order valence-electron chi connectivity index (χ1n) is 15.3. The molecule has 12 heteroatoms. The van der Waals surface area contributed by atoms with Crippen molar-refractivity contribution in [1.82, 2.24) is 9.80 Å². The number of rotatable bonds is 8. The Labute approximate surface area is 262 Å². The Morgan fingerprint density at radius 2 is 1.84 bits per heavy atom. The number of aliphatic hydroxyl groups excluding tert-OH is 1. The molecule has 0 aliphatic carbocycles. The lowest BCUT2D eigenvalue weighted by atomic mass is 10.0. The Bertz CT molecular complexity index is 1280. The molecule has 0 bridgehead atoms. The molecule has 0 radical (unpaired) electrons. The van der Waals surface area contributed by atoms with E-state index in [9.17, 15) is 32.7 Å². The first-order chi connectivity index (χ1) is 21.3. The van der Waals surface area contributed by atoms with E-state index in [0.29, 0.717) is 18.6 Å². The van der Waals surface area contributed by atoms with E-state index in [-0.39, 0.29) is 54.6 Å². The molecule has 248 valence electrons. The highest BCUT2D eigenvalue weighted by Gasteiger charge is 2.32. The van der Waals surface area contributed by atoms with E-state index in [2.05, 4.69) is 5.32 Å². The second-order valence-electron chi connectivity index (χ2n) is 11.7. The summed E-state index contributed by atoms with van der Waals surface area (Å²) in [5, 5.41) is 12.6. The fourth-order valence-corrected chi connectivity index (χ4v) is 5.10. The molecule has 9 nitrogen and oxygen atoms in total. The molecule has 2 aromatic carbocycles. The van der Waals surface area contributed by atoms with Crippen molar-refractivity contribution in [2.45, 2.75) is 77.3 Å². The predicted octanol–water partition coefficient (Wildman–Crippen LogP) is 5.54. The number of alkyl halides is 3. The van der Waals surface area contributed by atoms with Gasteiger partial charge in [-0.2, -0.15) is 13.2 Å². The Kier molecular flexibility index (Phi) is 13.2. The van der Waals surface area contributed by atoms with Gasteiger partial charge in [0.05, 0.1) is 36.8 Å². The van der Waals surface area contributed by atoms with Gasteiger partial charge in [-0.25, -0.2) is 0 Å². The first kappa shape index (κ1) is 35.8. The molecule has 0 aromatic heterocycles. The third kappa shape index (κ3) is 11.0. The van der Waals surface area contributed by atoms with Gasteiger partial charge in [-0.05, 0) is 63.4 Å². The molecule has 1 aliphatic heterocycles. The Balaban J connectivity index is 1.91. The molecule has 0 saturated heterocycles. The van der Waals surface area contributed by atoms with Gasteiger partial charge < -0.3 is 29.7 Å². The SMILES string of the molecule is C[C@@H]1CCCCO[C@H](CN(C)C(=O)c2ccccc2)[C@@H](C)CN([C@@H](C)CO)C(=O)c2cc(NC(=O)CCC(F)(F)F)ccc2O1. The van der Waals surface area contributed by atoms with Gasteiger partial charge >= 0.3 is 6.18 Å². The Morgan fingerprint density at radius 3 is 2.51 bits per heavy atom. The maximum absolute atomic E-state index is 14.1. The summed E-state index contributed by atoms with van der Waals surface area (Å²) in [5.41, 5.74) is 0.804. The molecule has 0 unspecified atom stereocenters. The number of halogens is 3. The van der Waals surface area contributed by atoms with Crippen LogP contribution in [0.15, 0.2) is 48.5 Å². The first-order valence-corrected chi connectivity index (χ1v) is 15.3. The van der Waals surface area contributed by atoms with Crippen molar-refractivity contribution in [2.24, 2.45) is 5.92 Å². The van der Waals surface area contributed by atoms with Crippen LogP contribution in [0.25, 0.3) is 0 Å². The second kappa shape index (κ2) is 16.6. The average Bonchev–Trinajstić information content (AvgIpc) is 3.01. The molecule has 2 N–H and O–H groups in total. The number of likely N-dealkylation sites (N-methyl/N-ethyl adjacent to an activating group) is 1. The van der Waals surface area contributed by atoms with E-state index in [1.807, 2.05) is 19.9 Å². The van der Waals surface area contributed by atoms with Crippen molar-refractivity contribution >= 4 is 23.4 Å². The van der Waals surface area contributed by atoms with Crippen LogP contribution in [-0.2, 0) is 9.53 Å². The largest absolute Gasteiger partial charge is 0.490 e. The number of nitrogens with zero attached hydrogens (tertiary/aromatic N) is 2. The van der Waals surface area contributed by atoms with Crippen LogP contribution in [0.4, 0.5) is 18.9 Å². The van der Waals surface area contributed by atoms with Gasteiger partial charge in [-0.15, -0.1) is 0 Å². The number of anilines is 1. The summed E-state index contributed by atoms with van der Waals surface area (Å²) in [6.45, 7) is 6.03. The lowest BCUT2D eigenvalue weighted by molar-refractivity contribution is -0.142. The number of benzene rings is 2. The number of nitrogens with one attached hydrogen (secondary N) is 1. The van der Waals surface area contributed by atoms with Crippen LogP contribution >= 0.6 is 0 Å². The van der Waals surface area contributed by atoms with E-state index < -0.39 is 43.0 Å². The standard InChI is InChI=1S/C33H44F3N3O6/c1-22-19-39(23(2)21-40)32(43)27-18-26(37-30(41)15-16-33(34,35)36)13-14-28(27)45-24(3)10-8-9-17-44-29(22)20-38(4)31(42)25-11-6-5-7-12-25/h5-7,11-14,18,22-24,29,40H,8-10,15-17,19-21H2,1-4H3,(H,37,41)/t22-,23-,24+,29+/m0/s1. The summed E-state index contributed by atoms with van der Waals surface area (Å²) in [4.78, 5) is 42.6. The molecule has 2 aromatic rings. The minimum Gasteiger partial charge on any atom is -0.490 e. The van der Waals surface area contributed by atoms with Crippen molar-refractivity contribution in [3.8, 4) is 5.75 Å². The molecule has 45 heavy (non-hydrogen) atoms. The van der Waals surface area contributed by atoms with Crippen LogP contribution in [0.1, 0.15) is 73.6 Å². The third-order valence-corrected chi connectivity index (χ3v) is 7.79. The van der Waals surface area contributed by atoms with Gasteiger partial charge in [0.25, 0.3) is 11.8 Å². The molecule has 0 spiro atoms. The van der Waals surface area contributed by atoms with E-state index >= 15 is 0 Å². The van der Waals surface area contributed by atoms with Crippen LogP contribution in [0.5, 0.6) is 5.75 Å². The summed E-state index contributed by atoms with van der Waals surface area (Å²) in [6, 6.07) is 12.7. The summed E-state index contributed by atoms with van der Waals surface area (Å²) in [5.74, 6) is -1.49. The number of fused-ring (bicyclic) bond motifs is 1. The zero-order valence-electron chi connectivity index (χ0n) is 26.3. The van der Waals surface area contributed by atoms with Crippen molar-refractivity contribution in [3.63, 3.8) is 0 Å². The number of carbonyl (C=O) groups is 3. The molecule has 1 heterocycles. The number of carbonyl (C=O) groups excluding carboxylic acids is 3. The molecule has 0 saturated carbocycles. The van der Waals surface area contributed by atoms with E-state index in [1.54, 1.807) is 43.1 Å². The zero-order valence-corrected chi connectivity index (χ0v) is 26.3. The van der Waals surface area contributed by atoms with Gasteiger partial charge in [0, 0.05) is 50.3 Å². The summed E-state index contributed by atoms with van der Waals surface area (Å²) >= 11 is 0. The highest BCUT2D eigenvalue weighted by Crippen LogP contribution is 2.29. The molecule has 3 rings (SSSR count). The minimum atomic E-state index is -4.47. The third-order valence-electron chi connectivity index (χ3n) is 7.79. The van der Waals surface area contributed by atoms with Gasteiger partial charge in [0.2, 0.25) is 5.91 Å². The smallest absolute Gasteiger partial charge is 0.389 e. The van der Waals surface area contributed by atoms with Crippen molar-refractivity contribution in [1.29, 1.82) is 0 Å². The van der Waals surface area contributed by atoms with Crippen LogP contribution in [0.2, 0.25) is 0 Å². The number of amides is 3. The quantitative estimate of drug-likeness (QED) is 0.395. The number of ether oxygens (including phenoxy) is 2. The van der Waals surface area contributed by atoms with E-state index in [0.717, 1.165) is 12.8 Å². The van der Waals surface area contributed by atoms with Crippen molar-refractivity contribution in [3.05, 3.63) is 59.7 Å². The monoisotopic (exact) mass is 635 g/mol. The topological polar surface area (TPSA) is 108 Å². The van der Waals surface area contributed by atoms with Crippen molar-refractivity contribution < 1.29 is 42.1 Å². The van der Waals surface area contributed by atoms with E-state index in [1.165, 1.54) is 23.1 Å². The molecule has 0 fully saturated rings. The van der Waals surface area contributed by atoms with E-state index in [4.69, 9.17) is 9.47 Å². The maximum Gasteiger partial charge on any atom is 0.389 e. The van der Waals surface area contributed by atoms with Gasteiger partial charge in [0.1, 0.15) is 5.75 Å². The minimum absolute atomic E-state index is 0.105. The number of hydrogen-bond acceptors (Lipinski definition) is 6. The Morgan fingerprint density at radius 1 is 1.13 bits per heavy atom. The second-order valence-corrected chi connectivity index (χ2v) is 11.7. The fourth-order valence-electron chi connectivity index (χ4n) is 5.10. The number of aliphatic hydroxyl groups is 1. The average molecular weight is 636 g/mol. The maximum atomic E-state index is 14.1. The molecule has 4 atom stereocenters. The molecular weight excluding hydrogens is 591 g/mol.